The average Bonchev–Trinajstić information content (AvgIpc) is 1.87. The molecule has 0 radical (unpaired) electrons. The molecule has 0 N–H and O–H groups in total. The van der Waals surface area contributed by atoms with Crippen LogP contribution in [0.1, 0.15) is 13.8 Å². The van der Waals surface area contributed by atoms with Crippen LogP contribution < -0.4 is 0 Å². The van der Waals surface area contributed by atoms with Crippen molar-refractivity contribution in [3.05, 3.63) is 0 Å². The van der Waals surface area contributed by atoms with E-state index in [2.05, 4.69) is 9.47 Å². The molecule has 0 aromatic rings. The third kappa shape index (κ3) is 24.0. The topological polar surface area (TPSA) is 86.7 Å². The minimum absolute atomic E-state index is 0.0625. The van der Waals surface area contributed by atoms with Gasteiger partial charge in [0.15, 0.2) is 0 Å². The first kappa shape index (κ1) is 12.9. The summed E-state index contributed by atoms with van der Waals surface area (Å²) >= 11 is 0. The fourth-order valence-electron chi connectivity index (χ4n) is 0.225. The quantitative estimate of drug-likeness (QED) is 0.317. The zero-order valence-corrected chi connectivity index (χ0v) is 6.60. The minimum Gasteiger partial charge on any atom is -0.398 e. The van der Waals surface area contributed by atoms with E-state index in [-0.39, 0.29) is 12.9 Å². The van der Waals surface area contributed by atoms with Crippen molar-refractivity contribution in [1.82, 2.24) is 0 Å². The third-order valence-electron chi connectivity index (χ3n) is 0.399. The largest absolute Gasteiger partial charge is 0.398 e. The Labute approximate surface area is 68.4 Å². The van der Waals surface area contributed by atoms with Crippen LogP contribution in [0, 0.1) is 0 Å². The lowest BCUT2D eigenvalue weighted by Crippen LogP contribution is -2.03. The Hall–Kier alpha value is -1.72. The first-order valence-corrected chi connectivity index (χ1v) is 2.76. The zero-order chi connectivity index (χ0) is 9.98. The number of rotatable bonds is 2. The molecule has 0 unspecified atom stereocenters. The van der Waals surface area contributed by atoms with Gasteiger partial charge in [0.25, 0.3) is 0 Å². The highest BCUT2D eigenvalue weighted by atomic mass is 16.6. The Kier molecular flexibility index (Phi) is 9.99. The fourth-order valence-corrected chi connectivity index (χ4v) is 0.225. The van der Waals surface area contributed by atoms with Crippen molar-refractivity contribution in [3.8, 4) is 0 Å². The van der Waals surface area contributed by atoms with Crippen LogP contribution in [0.25, 0.3) is 0 Å². The summed E-state index contributed by atoms with van der Waals surface area (Å²) in [6.45, 7) is 2.49. The summed E-state index contributed by atoms with van der Waals surface area (Å²) < 4.78 is 7.44. The summed E-state index contributed by atoms with van der Waals surface area (Å²) in [5.41, 5.74) is 0. The second-order valence-corrected chi connectivity index (χ2v) is 1.41. The van der Waals surface area contributed by atoms with E-state index in [1.165, 1.54) is 13.8 Å². The van der Waals surface area contributed by atoms with Crippen LogP contribution in [0.2, 0.25) is 0 Å². The molecule has 6 nitrogen and oxygen atoms in total. The third-order valence-corrected chi connectivity index (χ3v) is 0.399. The van der Waals surface area contributed by atoms with E-state index >= 15 is 0 Å². The lowest BCUT2D eigenvalue weighted by molar-refractivity contribution is -0.156. The first-order chi connectivity index (χ1) is 5.54. The SMILES string of the molecule is CC(=O)OC(C)=O.O=COC=O. The smallest absolute Gasteiger partial charge is 0.310 e. The molecule has 0 fully saturated rings. The highest BCUT2D eigenvalue weighted by Gasteiger charge is 1.93. The molecular formula is C6H8O6. The van der Waals surface area contributed by atoms with Crippen molar-refractivity contribution in [2.45, 2.75) is 13.8 Å². The van der Waals surface area contributed by atoms with Crippen LogP contribution >= 0.6 is 0 Å². The van der Waals surface area contributed by atoms with E-state index in [1.54, 1.807) is 0 Å². The highest BCUT2D eigenvalue weighted by molar-refractivity contribution is 5.82. The lowest BCUT2D eigenvalue weighted by Gasteiger charge is -1.87. The Bertz CT molecular complexity index is 155. The molecule has 0 saturated carbocycles. The molecule has 0 aromatic carbocycles. The van der Waals surface area contributed by atoms with Crippen LogP contribution in [0.5, 0.6) is 0 Å². The normalized spacial score (nSPS) is 6.83. The summed E-state index contributed by atoms with van der Waals surface area (Å²) in [7, 11) is 0. The fraction of sp³-hybridized carbons (Fsp3) is 0.333. The number of carbonyl (C=O) groups is 4. The van der Waals surface area contributed by atoms with Crippen molar-refractivity contribution in [1.29, 1.82) is 0 Å². The van der Waals surface area contributed by atoms with E-state index in [4.69, 9.17) is 9.59 Å². The van der Waals surface area contributed by atoms with Gasteiger partial charge in [0, 0.05) is 13.8 Å². The van der Waals surface area contributed by atoms with Gasteiger partial charge in [-0.1, -0.05) is 0 Å². The first-order valence-electron chi connectivity index (χ1n) is 2.76. The second kappa shape index (κ2) is 9.28. The van der Waals surface area contributed by atoms with Gasteiger partial charge in [0.05, 0.1) is 0 Å². The van der Waals surface area contributed by atoms with Gasteiger partial charge in [0.1, 0.15) is 0 Å². The Morgan fingerprint density at radius 1 is 1.00 bits per heavy atom. The predicted molar refractivity (Wildman–Crippen MR) is 35.7 cm³/mol. The van der Waals surface area contributed by atoms with Gasteiger partial charge in [0.2, 0.25) is 0 Å². The molecule has 12 heavy (non-hydrogen) atoms. The van der Waals surface area contributed by atoms with E-state index in [1.807, 2.05) is 0 Å². The van der Waals surface area contributed by atoms with Gasteiger partial charge in [-0.25, -0.2) is 0 Å². The molecular weight excluding hydrogens is 168 g/mol. The van der Waals surface area contributed by atoms with Crippen LogP contribution in [-0.2, 0) is 28.7 Å². The maximum absolute atomic E-state index is 9.81. The van der Waals surface area contributed by atoms with E-state index in [9.17, 15) is 9.59 Å². The van der Waals surface area contributed by atoms with Gasteiger partial charge in [-0.2, -0.15) is 0 Å². The van der Waals surface area contributed by atoms with Crippen LogP contribution in [-0.4, -0.2) is 24.9 Å². The molecule has 6 heteroatoms. The lowest BCUT2D eigenvalue weighted by atomic mass is 10.7. The summed E-state index contributed by atoms with van der Waals surface area (Å²) in [5, 5.41) is 0. The van der Waals surface area contributed by atoms with Gasteiger partial charge >= 0.3 is 24.9 Å². The van der Waals surface area contributed by atoms with Gasteiger partial charge in [-0.05, 0) is 0 Å². The van der Waals surface area contributed by atoms with Crippen LogP contribution in [0.15, 0.2) is 0 Å². The van der Waals surface area contributed by atoms with Crippen molar-refractivity contribution in [2.24, 2.45) is 0 Å². The average molecular weight is 176 g/mol. The zero-order valence-electron chi connectivity index (χ0n) is 6.60. The number of esters is 2. The van der Waals surface area contributed by atoms with E-state index in [0.717, 1.165) is 0 Å². The molecule has 0 aliphatic heterocycles. The summed E-state index contributed by atoms with van der Waals surface area (Å²) in [5.74, 6) is -1.12. The second-order valence-electron chi connectivity index (χ2n) is 1.41. The molecule has 0 atom stereocenters. The Morgan fingerprint density at radius 2 is 1.33 bits per heavy atom. The summed E-state index contributed by atoms with van der Waals surface area (Å²) in [6, 6.07) is 0. The summed E-state index contributed by atoms with van der Waals surface area (Å²) in [4.78, 5) is 37.5. The highest BCUT2D eigenvalue weighted by Crippen LogP contribution is 1.73. The van der Waals surface area contributed by atoms with Crippen molar-refractivity contribution >= 4 is 24.9 Å². The van der Waals surface area contributed by atoms with Crippen molar-refractivity contribution < 1.29 is 28.7 Å². The van der Waals surface area contributed by atoms with Gasteiger partial charge in [-0.3, -0.25) is 19.2 Å². The van der Waals surface area contributed by atoms with Crippen LogP contribution in [0.4, 0.5) is 0 Å². The maximum atomic E-state index is 9.81. The van der Waals surface area contributed by atoms with E-state index < -0.39 is 11.9 Å². The molecule has 0 amide bonds. The standard InChI is InChI=1S/C4H6O3.C2H2O3/c1-3(5)7-4(2)6;3-1-5-2-4/h1-2H3;1-2H. The number of hydrogen-bond acceptors (Lipinski definition) is 6. The molecule has 0 aliphatic rings. The molecule has 0 spiro atoms. The molecule has 0 bridgehead atoms. The molecule has 0 saturated heterocycles. The molecule has 0 heterocycles. The minimum atomic E-state index is -0.562. The van der Waals surface area contributed by atoms with Gasteiger partial charge in [-0.15, -0.1) is 0 Å². The molecule has 0 rings (SSSR count). The van der Waals surface area contributed by atoms with Crippen molar-refractivity contribution in [3.63, 3.8) is 0 Å². The Morgan fingerprint density at radius 3 is 1.33 bits per heavy atom. The number of ether oxygens (including phenoxy) is 2. The van der Waals surface area contributed by atoms with Crippen molar-refractivity contribution in [2.75, 3.05) is 0 Å². The van der Waals surface area contributed by atoms with Gasteiger partial charge < -0.3 is 9.47 Å². The molecule has 68 valence electrons. The molecule has 0 aromatic heterocycles. The monoisotopic (exact) mass is 176 g/mol. The van der Waals surface area contributed by atoms with Crippen LogP contribution in [0.3, 0.4) is 0 Å². The number of hydrogen-bond donors (Lipinski definition) is 0. The predicted octanol–water partition coefficient (Wildman–Crippen LogP) is -0.588. The van der Waals surface area contributed by atoms with E-state index in [0.29, 0.717) is 0 Å². The summed E-state index contributed by atoms with van der Waals surface area (Å²) in [6.07, 6.45) is 0. The number of carbonyl (C=O) groups excluding carboxylic acids is 4. The molecule has 0 aliphatic carbocycles. The Balaban J connectivity index is 0. The maximum Gasteiger partial charge on any atom is 0.310 e.